The number of hydrogen-bond acceptors (Lipinski definition) is 7. The van der Waals surface area contributed by atoms with Crippen LogP contribution < -0.4 is 5.32 Å². The van der Waals surface area contributed by atoms with Gasteiger partial charge in [0.25, 0.3) is 10.4 Å². The van der Waals surface area contributed by atoms with Gasteiger partial charge >= 0.3 is 5.95 Å². The number of nitrogens with one attached hydrogen (secondary N) is 1. The average Bonchev–Trinajstić information content (AvgIpc) is 2.80. The van der Waals surface area contributed by atoms with Gasteiger partial charge in [-0.05, 0) is 21.5 Å². The standard InChI is InChI=1S/C10H9BrN6O4/c1-12-7-4-6(2-3-8(7)16(18)19)5-15-9(11)13-10(14-15)17(20)21/h2-4,12H,5H2,1H3. The van der Waals surface area contributed by atoms with Crippen molar-refractivity contribution in [1.29, 1.82) is 0 Å². The molecule has 0 radical (unpaired) electrons. The molecule has 0 saturated carbocycles. The van der Waals surface area contributed by atoms with Gasteiger partial charge in [-0.2, -0.15) is 4.68 Å². The molecule has 1 aromatic carbocycles. The molecule has 0 aliphatic rings. The Balaban J connectivity index is 2.32. The van der Waals surface area contributed by atoms with Crippen molar-refractivity contribution in [3.05, 3.63) is 48.7 Å². The van der Waals surface area contributed by atoms with Crippen molar-refractivity contribution in [2.24, 2.45) is 0 Å². The molecule has 10 nitrogen and oxygen atoms in total. The zero-order valence-electron chi connectivity index (χ0n) is 10.7. The van der Waals surface area contributed by atoms with E-state index in [4.69, 9.17) is 0 Å². The lowest BCUT2D eigenvalue weighted by atomic mass is 10.1. The number of halogens is 1. The van der Waals surface area contributed by atoms with Crippen molar-refractivity contribution in [3.63, 3.8) is 0 Å². The summed E-state index contributed by atoms with van der Waals surface area (Å²) in [5.74, 6) is -0.516. The Morgan fingerprint density at radius 2 is 2.05 bits per heavy atom. The highest BCUT2D eigenvalue weighted by atomic mass is 79.9. The molecule has 0 spiro atoms. The molecule has 1 heterocycles. The number of rotatable bonds is 5. The largest absolute Gasteiger partial charge is 0.492 e. The fourth-order valence-corrected chi connectivity index (χ4v) is 2.07. The number of nitro groups is 2. The van der Waals surface area contributed by atoms with Gasteiger partial charge in [0, 0.05) is 34.1 Å². The normalized spacial score (nSPS) is 10.4. The van der Waals surface area contributed by atoms with Crippen LogP contribution in [0.3, 0.4) is 0 Å². The first kappa shape index (κ1) is 14.8. The summed E-state index contributed by atoms with van der Waals surface area (Å²) in [6.07, 6.45) is 0. The minimum atomic E-state index is -0.698. The maximum atomic E-state index is 10.8. The molecule has 2 aromatic rings. The van der Waals surface area contributed by atoms with Crippen LogP contribution in [0.2, 0.25) is 0 Å². The van der Waals surface area contributed by atoms with Crippen molar-refractivity contribution in [3.8, 4) is 0 Å². The first-order chi connectivity index (χ1) is 9.92. The molecule has 2 rings (SSSR count). The van der Waals surface area contributed by atoms with E-state index in [2.05, 4.69) is 31.3 Å². The van der Waals surface area contributed by atoms with E-state index in [1.165, 1.54) is 10.7 Å². The Labute approximate surface area is 126 Å². The maximum absolute atomic E-state index is 10.8. The summed E-state index contributed by atoms with van der Waals surface area (Å²) >= 11 is 3.08. The maximum Gasteiger partial charge on any atom is 0.492 e. The summed E-state index contributed by atoms with van der Waals surface area (Å²) in [6, 6.07) is 4.50. The molecule has 110 valence electrons. The fourth-order valence-electron chi connectivity index (χ4n) is 1.70. The van der Waals surface area contributed by atoms with E-state index in [-0.39, 0.29) is 17.0 Å². The van der Waals surface area contributed by atoms with Gasteiger partial charge in [0.1, 0.15) is 5.69 Å². The number of hydrogen-bond donors (Lipinski definition) is 1. The number of aromatic nitrogens is 3. The third-order valence-electron chi connectivity index (χ3n) is 2.64. The first-order valence-electron chi connectivity index (χ1n) is 5.62. The predicted octanol–water partition coefficient (Wildman–Crippen LogP) is 1.95. The second kappa shape index (κ2) is 5.83. The van der Waals surface area contributed by atoms with Crippen molar-refractivity contribution in [2.75, 3.05) is 12.4 Å². The number of benzene rings is 1. The molecule has 1 N–H and O–H groups in total. The third-order valence-corrected chi connectivity index (χ3v) is 3.22. The average molecular weight is 357 g/mol. The van der Waals surface area contributed by atoms with Crippen LogP contribution in [0.25, 0.3) is 0 Å². The number of anilines is 1. The third kappa shape index (κ3) is 3.13. The van der Waals surface area contributed by atoms with Crippen LogP contribution in [0.5, 0.6) is 0 Å². The van der Waals surface area contributed by atoms with Gasteiger partial charge in [0.15, 0.2) is 0 Å². The Kier molecular flexibility index (Phi) is 4.12. The van der Waals surface area contributed by atoms with Crippen LogP contribution in [0.4, 0.5) is 17.3 Å². The van der Waals surface area contributed by atoms with Crippen LogP contribution >= 0.6 is 15.9 Å². The SMILES string of the molecule is CNc1cc(Cn2nc([N+](=O)[O-])nc2Br)ccc1[N+](=O)[O-]. The molecule has 0 aliphatic carbocycles. The monoisotopic (exact) mass is 356 g/mol. The smallest absolute Gasteiger partial charge is 0.390 e. The Morgan fingerprint density at radius 3 is 2.57 bits per heavy atom. The van der Waals surface area contributed by atoms with Gasteiger partial charge in [0.2, 0.25) is 0 Å². The van der Waals surface area contributed by atoms with Crippen LogP contribution in [0.15, 0.2) is 22.9 Å². The minimum absolute atomic E-state index is 0.0510. The van der Waals surface area contributed by atoms with Crippen LogP contribution in [0.1, 0.15) is 5.56 Å². The molecule has 0 unspecified atom stereocenters. The van der Waals surface area contributed by atoms with Gasteiger partial charge in [-0.15, -0.1) is 0 Å². The van der Waals surface area contributed by atoms with Crippen molar-refractivity contribution >= 4 is 33.3 Å². The minimum Gasteiger partial charge on any atom is -0.390 e. The van der Waals surface area contributed by atoms with Gasteiger partial charge < -0.3 is 15.4 Å². The molecule has 0 fully saturated rings. The van der Waals surface area contributed by atoms with Crippen molar-refractivity contribution in [1.82, 2.24) is 14.8 Å². The zero-order valence-corrected chi connectivity index (χ0v) is 12.3. The molecular weight excluding hydrogens is 348 g/mol. The van der Waals surface area contributed by atoms with E-state index in [0.717, 1.165) is 0 Å². The molecule has 11 heteroatoms. The van der Waals surface area contributed by atoms with E-state index in [1.807, 2.05) is 0 Å². The van der Waals surface area contributed by atoms with E-state index < -0.39 is 15.8 Å². The molecule has 0 amide bonds. The lowest BCUT2D eigenvalue weighted by molar-refractivity contribution is -0.394. The Hall–Kier alpha value is -2.56. The second-order valence-electron chi connectivity index (χ2n) is 3.95. The molecular formula is C10H9BrN6O4. The molecule has 1 aromatic heterocycles. The molecule has 21 heavy (non-hydrogen) atoms. The Bertz CT molecular complexity index is 716. The van der Waals surface area contributed by atoms with Gasteiger partial charge in [0.05, 0.1) is 11.5 Å². The topological polar surface area (TPSA) is 129 Å². The second-order valence-corrected chi connectivity index (χ2v) is 4.66. The number of nitro benzene ring substituents is 1. The summed E-state index contributed by atoms with van der Waals surface area (Å²) in [6.45, 7) is 0.189. The predicted molar refractivity (Wildman–Crippen MR) is 76.1 cm³/mol. The van der Waals surface area contributed by atoms with Crippen molar-refractivity contribution < 1.29 is 9.85 Å². The molecule has 0 bridgehead atoms. The van der Waals surface area contributed by atoms with Crippen LogP contribution in [-0.4, -0.2) is 31.7 Å². The van der Waals surface area contributed by atoms with E-state index in [9.17, 15) is 20.2 Å². The summed E-state index contributed by atoms with van der Waals surface area (Å²) < 4.78 is 1.50. The number of nitrogens with zero attached hydrogens (tertiary/aromatic N) is 5. The lowest BCUT2D eigenvalue weighted by Crippen LogP contribution is -2.04. The quantitative estimate of drug-likeness (QED) is 0.639. The fraction of sp³-hybridized carbons (Fsp3) is 0.200. The summed E-state index contributed by atoms with van der Waals surface area (Å²) in [7, 11) is 1.57. The van der Waals surface area contributed by atoms with Crippen molar-refractivity contribution in [2.45, 2.75) is 6.54 Å². The van der Waals surface area contributed by atoms with Gasteiger partial charge in [-0.25, -0.2) is 0 Å². The first-order valence-corrected chi connectivity index (χ1v) is 6.41. The highest BCUT2D eigenvalue weighted by Gasteiger charge is 2.20. The summed E-state index contributed by atoms with van der Waals surface area (Å²) in [4.78, 5) is 23.9. The highest BCUT2D eigenvalue weighted by molar-refractivity contribution is 9.10. The van der Waals surface area contributed by atoms with E-state index in [1.54, 1.807) is 19.2 Å². The van der Waals surface area contributed by atoms with Gasteiger partial charge in [-0.3, -0.25) is 10.1 Å². The lowest BCUT2D eigenvalue weighted by Gasteiger charge is -2.05. The van der Waals surface area contributed by atoms with E-state index >= 15 is 0 Å². The zero-order chi connectivity index (χ0) is 15.6. The Morgan fingerprint density at radius 1 is 1.33 bits per heavy atom. The van der Waals surface area contributed by atoms with Crippen LogP contribution in [0, 0.1) is 20.2 Å². The highest BCUT2D eigenvalue weighted by Crippen LogP contribution is 2.25. The summed E-state index contributed by atoms with van der Waals surface area (Å²) in [5, 5.41) is 27.9. The molecule has 0 atom stereocenters. The molecule has 0 saturated heterocycles. The van der Waals surface area contributed by atoms with Gasteiger partial charge in [-0.1, -0.05) is 6.07 Å². The van der Waals surface area contributed by atoms with E-state index in [0.29, 0.717) is 11.3 Å². The molecule has 0 aliphatic heterocycles. The van der Waals surface area contributed by atoms with Crippen LogP contribution in [-0.2, 0) is 6.54 Å². The summed E-state index contributed by atoms with van der Waals surface area (Å²) in [5.41, 5.74) is 0.985.